The molecule has 2 aliphatic carbocycles. The molecule has 11 nitrogen and oxygen atoms in total. The number of hydrogen-bond acceptors (Lipinski definition) is 10. The summed E-state index contributed by atoms with van der Waals surface area (Å²) >= 11 is 0. The average Bonchev–Trinajstić information content (AvgIpc) is 3.83. The Hall–Kier alpha value is -3.38. The van der Waals surface area contributed by atoms with Crippen molar-refractivity contribution in [1.82, 2.24) is 24.1 Å². The third kappa shape index (κ3) is 5.35. The van der Waals surface area contributed by atoms with Crippen molar-refractivity contribution >= 4 is 33.1 Å². The van der Waals surface area contributed by atoms with E-state index in [1.165, 1.54) is 12.4 Å². The summed E-state index contributed by atoms with van der Waals surface area (Å²) < 4.78 is 31.4. The van der Waals surface area contributed by atoms with Crippen LogP contribution in [0.1, 0.15) is 48.9 Å². The Morgan fingerprint density at radius 1 is 1.11 bits per heavy atom. The maximum Gasteiger partial charge on any atom is 0.256 e. The highest BCUT2D eigenvalue weighted by Crippen LogP contribution is 2.35. The fraction of sp³-hybridized carbons (Fsp3) is 0.480. The zero-order valence-electron chi connectivity index (χ0n) is 20.3. The molecular weight excluding hydrogens is 494 g/mol. The quantitative estimate of drug-likeness (QED) is 0.360. The lowest BCUT2D eigenvalue weighted by Crippen LogP contribution is -2.17. The molecule has 0 spiro atoms. The number of carbonyl (C=O) groups excluding carboxylic acids is 1. The van der Waals surface area contributed by atoms with Gasteiger partial charge in [-0.2, -0.15) is 9.19 Å². The lowest BCUT2D eigenvalue weighted by Gasteiger charge is -2.15. The SMILES string of the molecule is O=C(c1cnc(Nc2ccnc(-c3cnn(S(=O)(=O)C4CC4)c3)n2)cc1NCCC1CCOC1)C1CC1. The van der Waals surface area contributed by atoms with Crippen LogP contribution in [0.3, 0.4) is 0 Å². The van der Waals surface area contributed by atoms with Crippen LogP contribution in [0.2, 0.25) is 0 Å². The minimum Gasteiger partial charge on any atom is -0.384 e. The number of nitrogens with one attached hydrogen (secondary N) is 2. The van der Waals surface area contributed by atoms with Gasteiger partial charge in [-0.15, -0.1) is 0 Å². The number of nitrogens with zero attached hydrogens (tertiary/aromatic N) is 5. The first-order chi connectivity index (χ1) is 18.0. The molecular formula is C25H29N7O4S. The highest BCUT2D eigenvalue weighted by Gasteiger charge is 2.37. The average molecular weight is 524 g/mol. The molecule has 3 aromatic heterocycles. The molecule has 2 N–H and O–H groups in total. The number of aromatic nitrogens is 5. The Kier molecular flexibility index (Phi) is 6.37. The van der Waals surface area contributed by atoms with Gasteiger partial charge in [-0.05, 0) is 50.5 Å². The van der Waals surface area contributed by atoms with Crippen LogP contribution in [-0.4, -0.2) is 63.3 Å². The topological polar surface area (TPSA) is 141 Å². The maximum atomic E-state index is 12.8. The highest BCUT2D eigenvalue weighted by molar-refractivity contribution is 7.90. The predicted molar refractivity (Wildman–Crippen MR) is 137 cm³/mol. The normalized spacial score (nSPS) is 19.6. The summed E-state index contributed by atoms with van der Waals surface area (Å²) in [5.41, 5.74) is 1.88. The molecule has 0 aromatic carbocycles. The maximum absolute atomic E-state index is 12.8. The van der Waals surface area contributed by atoms with Crippen LogP contribution < -0.4 is 10.6 Å². The molecule has 1 saturated heterocycles. The smallest absolute Gasteiger partial charge is 0.256 e. The summed E-state index contributed by atoms with van der Waals surface area (Å²) in [5.74, 6) is 2.14. The summed E-state index contributed by atoms with van der Waals surface area (Å²) in [6, 6.07) is 3.54. The van der Waals surface area contributed by atoms with E-state index in [0.717, 1.165) is 55.2 Å². The fourth-order valence-electron chi connectivity index (χ4n) is 4.43. The van der Waals surface area contributed by atoms with Crippen molar-refractivity contribution in [2.45, 2.75) is 43.8 Å². The number of carbonyl (C=O) groups is 1. The van der Waals surface area contributed by atoms with Gasteiger partial charge < -0.3 is 15.4 Å². The van der Waals surface area contributed by atoms with E-state index < -0.39 is 10.0 Å². The Morgan fingerprint density at radius 2 is 1.97 bits per heavy atom. The van der Waals surface area contributed by atoms with Crippen LogP contribution in [0.4, 0.5) is 17.3 Å². The molecule has 3 fully saturated rings. The predicted octanol–water partition coefficient (Wildman–Crippen LogP) is 3.25. The Bertz CT molecular complexity index is 1410. The molecule has 1 atom stereocenters. The van der Waals surface area contributed by atoms with Gasteiger partial charge in [-0.1, -0.05) is 0 Å². The zero-order valence-corrected chi connectivity index (χ0v) is 21.2. The molecule has 37 heavy (non-hydrogen) atoms. The summed E-state index contributed by atoms with van der Waals surface area (Å²) in [7, 11) is -3.46. The van der Waals surface area contributed by atoms with E-state index in [2.05, 4.69) is 30.7 Å². The summed E-state index contributed by atoms with van der Waals surface area (Å²) in [4.78, 5) is 26.1. The van der Waals surface area contributed by atoms with Crippen LogP contribution >= 0.6 is 0 Å². The van der Waals surface area contributed by atoms with Crippen LogP contribution in [0, 0.1) is 11.8 Å². The van der Waals surface area contributed by atoms with E-state index in [1.54, 1.807) is 18.5 Å². The lowest BCUT2D eigenvalue weighted by molar-refractivity contribution is 0.0968. The second-order valence-corrected chi connectivity index (χ2v) is 12.0. The summed E-state index contributed by atoms with van der Waals surface area (Å²) in [6.45, 7) is 2.35. The molecule has 1 aliphatic heterocycles. The lowest BCUT2D eigenvalue weighted by atomic mass is 10.0. The standard InChI is InChI=1S/C25H29N7O4S/c33-24(17-1-2-17)20-13-28-23(11-21(20)26-8-5-16-7-10-36-15-16)30-22-6-9-27-25(31-22)18-12-29-32(14-18)37(34,35)19-3-4-19/h6,9,11-14,16-17,19H,1-5,7-8,10,15H2,(H2,26,27,28,30,31). The third-order valence-electron chi connectivity index (χ3n) is 6.95. The minimum absolute atomic E-state index is 0.0958. The van der Waals surface area contributed by atoms with E-state index in [4.69, 9.17) is 4.74 Å². The van der Waals surface area contributed by atoms with Crippen molar-refractivity contribution in [1.29, 1.82) is 0 Å². The molecule has 3 aliphatic rings. The largest absolute Gasteiger partial charge is 0.384 e. The van der Waals surface area contributed by atoms with Crippen molar-refractivity contribution < 1.29 is 17.9 Å². The van der Waals surface area contributed by atoms with Crippen molar-refractivity contribution in [2.24, 2.45) is 11.8 Å². The minimum atomic E-state index is -3.46. The van der Waals surface area contributed by atoms with Gasteiger partial charge in [0.15, 0.2) is 11.6 Å². The molecule has 0 bridgehead atoms. The first kappa shape index (κ1) is 24.0. The van der Waals surface area contributed by atoms with Crippen molar-refractivity contribution in [2.75, 3.05) is 30.4 Å². The fourth-order valence-corrected chi connectivity index (χ4v) is 5.91. The molecule has 4 heterocycles. The number of Topliss-reactive ketones (excluding diaryl/α,β-unsaturated/α-hetero) is 1. The monoisotopic (exact) mass is 523 g/mol. The van der Waals surface area contributed by atoms with Gasteiger partial charge in [0.25, 0.3) is 10.0 Å². The number of ketones is 1. The molecule has 2 saturated carbocycles. The van der Waals surface area contributed by atoms with E-state index in [1.807, 2.05) is 6.07 Å². The number of hydrogen-bond donors (Lipinski definition) is 2. The van der Waals surface area contributed by atoms with E-state index >= 15 is 0 Å². The van der Waals surface area contributed by atoms with Crippen LogP contribution in [-0.2, 0) is 14.8 Å². The van der Waals surface area contributed by atoms with Gasteiger partial charge >= 0.3 is 0 Å². The van der Waals surface area contributed by atoms with Gasteiger partial charge in [0.2, 0.25) is 0 Å². The summed E-state index contributed by atoms with van der Waals surface area (Å²) in [5, 5.41) is 10.3. The van der Waals surface area contributed by atoms with Gasteiger partial charge in [0.1, 0.15) is 11.6 Å². The Labute approximate surface area is 215 Å². The second-order valence-electron chi connectivity index (χ2n) is 9.94. The highest BCUT2D eigenvalue weighted by atomic mass is 32.2. The molecule has 0 amide bonds. The van der Waals surface area contributed by atoms with Crippen molar-refractivity contribution in [3.63, 3.8) is 0 Å². The van der Waals surface area contributed by atoms with Crippen LogP contribution in [0.15, 0.2) is 36.9 Å². The third-order valence-corrected chi connectivity index (χ3v) is 8.98. The molecule has 0 radical (unpaired) electrons. The van der Waals surface area contributed by atoms with Crippen molar-refractivity contribution in [3.8, 4) is 11.4 Å². The zero-order chi connectivity index (χ0) is 25.4. The van der Waals surface area contributed by atoms with Gasteiger partial charge in [0, 0.05) is 44.1 Å². The number of pyridine rings is 1. The van der Waals surface area contributed by atoms with Crippen LogP contribution in [0.5, 0.6) is 0 Å². The van der Waals surface area contributed by atoms with E-state index in [9.17, 15) is 13.2 Å². The number of ether oxygens (including phenoxy) is 1. The molecule has 1 unspecified atom stereocenters. The van der Waals surface area contributed by atoms with Gasteiger partial charge in [0.05, 0.1) is 34.5 Å². The molecule has 6 rings (SSSR count). The molecule has 12 heteroatoms. The first-order valence-electron chi connectivity index (χ1n) is 12.7. The molecule has 194 valence electrons. The second kappa shape index (κ2) is 9.82. The van der Waals surface area contributed by atoms with Gasteiger partial charge in [-0.25, -0.2) is 23.4 Å². The Balaban J connectivity index is 1.19. The van der Waals surface area contributed by atoms with E-state index in [-0.39, 0.29) is 17.0 Å². The number of rotatable bonds is 11. The summed E-state index contributed by atoms with van der Waals surface area (Å²) in [6.07, 6.45) is 11.3. The first-order valence-corrected chi connectivity index (χ1v) is 14.2. The van der Waals surface area contributed by atoms with Gasteiger partial charge in [-0.3, -0.25) is 4.79 Å². The molecule has 3 aromatic rings. The van der Waals surface area contributed by atoms with Crippen molar-refractivity contribution in [3.05, 3.63) is 42.5 Å². The number of anilines is 3. The Morgan fingerprint density at radius 3 is 2.73 bits per heavy atom. The van der Waals surface area contributed by atoms with Crippen LogP contribution in [0.25, 0.3) is 11.4 Å². The van der Waals surface area contributed by atoms with E-state index in [0.29, 0.717) is 47.3 Å².